The molecule has 0 aromatic carbocycles. The van der Waals surface area contributed by atoms with Gasteiger partial charge in [-0.3, -0.25) is 15.0 Å². The van der Waals surface area contributed by atoms with Crippen LogP contribution in [-0.2, 0) is 6.54 Å². The quantitative estimate of drug-likeness (QED) is 0.599. The average molecular weight is 442 g/mol. The number of ether oxygens (including phenoxy) is 1. The number of aryl methyl sites for hydroxylation is 1. The van der Waals surface area contributed by atoms with E-state index in [4.69, 9.17) is 4.74 Å². The van der Waals surface area contributed by atoms with Gasteiger partial charge in [0.15, 0.2) is 0 Å². The molecule has 0 saturated carbocycles. The van der Waals surface area contributed by atoms with Crippen LogP contribution in [0.4, 0.5) is 16.3 Å². The number of hydrogen-bond donors (Lipinski definition) is 3. The first kappa shape index (κ1) is 23.3. The summed E-state index contributed by atoms with van der Waals surface area (Å²) in [7, 11) is 3.16. The number of pyridine rings is 2. The van der Waals surface area contributed by atoms with Crippen molar-refractivity contribution in [3.8, 4) is 5.88 Å². The highest BCUT2D eigenvalue weighted by atomic mass is 16.5. The zero-order chi connectivity index (χ0) is 23.1. The molecule has 3 rings (SSSR count). The number of carbonyl (C=O) groups excluding carboxylic acids is 2. The first-order chi connectivity index (χ1) is 15.4. The number of anilines is 2. The number of rotatable bonds is 7. The Balaban J connectivity index is 1.62. The first-order valence-electron chi connectivity index (χ1n) is 10.7. The molecule has 2 aromatic heterocycles. The Labute approximate surface area is 188 Å². The summed E-state index contributed by atoms with van der Waals surface area (Å²) in [4.78, 5) is 37.0. The summed E-state index contributed by atoms with van der Waals surface area (Å²) < 4.78 is 5.30. The standard InChI is InChI=1S/C22H31N7O3/c1-5-24-22(31)27-19-12-16(13-20(26-19)32-4)14-28-8-10-29(11-9-28)18-7-6-17(21(30)23-3)25-15(18)2/h6-7,12-13H,5,8-11,14H2,1-4H3,(H,23,30)(H2,24,26,27,31). The molecular formula is C22H31N7O3. The highest BCUT2D eigenvalue weighted by molar-refractivity contribution is 5.92. The second kappa shape index (κ2) is 10.8. The average Bonchev–Trinajstić information content (AvgIpc) is 2.79. The van der Waals surface area contributed by atoms with E-state index in [1.807, 2.05) is 32.0 Å². The lowest BCUT2D eigenvalue weighted by molar-refractivity contribution is 0.0958. The van der Waals surface area contributed by atoms with E-state index in [1.54, 1.807) is 20.2 Å². The minimum atomic E-state index is -0.292. The molecule has 10 nitrogen and oxygen atoms in total. The van der Waals surface area contributed by atoms with Gasteiger partial charge < -0.3 is 20.3 Å². The van der Waals surface area contributed by atoms with Crippen molar-refractivity contribution in [2.45, 2.75) is 20.4 Å². The third kappa shape index (κ3) is 5.85. The fraction of sp³-hybridized carbons (Fsp3) is 0.455. The van der Waals surface area contributed by atoms with E-state index in [1.165, 1.54) is 0 Å². The maximum Gasteiger partial charge on any atom is 0.320 e. The minimum absolute atomic E-state index is 0.182. The molecule has 0 radical (unpaired) electrons. The number of amides is 3. The number of nitrogens with one attached hydrogen (secondary N) is 3. The highest BCUT2D eigenvalue weighted by Crippen LogP contribution is 2.22. The molecule has 1 aliphatic rings. The third-order valence-corrected chi connectivity index (χ3v) is 5.29. The lowest BCUT2D eigenvalue weighted by atomic mass is 10.2. The molecule has 0 unspecified atom stereocenters. The number of urea groups is 1. The van der Waals surface area contributed by atoms with Crippen LogP contribution >= 0.6 is 0 Å². The van der Waals surface area contributed by atoms with Crippen molar-refractivity contribution in [3.05, 3.63) is 41.2 Å². The minimum Gasteiger partial charge on any atom is -0.481 e. The predicted molar refractivity (Wildman–Crippen MR) is 123 cm³/mol. The molecule has 3 amide bonds. The van der Waals surface area contributed by atoms with E-state index >= 15 is 0 Å². The molecule has 1 aliphatic heterocycles. The van der Waals surface area contributed by atoms with Crippen LogP contribution in [0, 0.1) is 6.92 Å². The molecule has 172 valence electrons. The highest BCUT2D eigenvalue weighted by Gasteiger charge is 2.20. The number of nitrogens with zero attached hydrogens (tertiary/aromatic N) is 4. The monoisotopic (exact) mass is 441 g/mol. The summed E-state index contributed by atoms with van der Waals surface area (Å²) in [5.74, 6) is 0.742. The van der Waals surface area contributed by atoms with E-state index in [-0.39, 0.29) is 11.9 Å². The summed E-state index contributed by atoms with van der Waals surface area (Å²) in [5, 5.41) is 8.04. The Kier molecular flexibility index (Phi) is 7.82. The second-order valence-corrected chi connectivity index (χ2v) is 7.53. The van der Waals surface area contributed by atoms with Crippen molar-refractivity contribution in [1.29, 1.82) is 0 Å². The molecule has 1 fully saturated rings. The van der Waals surface area contributed by atoms with Gasteiger partial charge in [0.1, 0.15) is 11.5 Å². The van der Waals surface area contributed by atoms with E-state index in [2.05, 4.69) is 35.7 Å². The maximum atomic E-state index is 11.8. The van der Waals surface area contributed by atoms with Gasteiger partial charge in [0.2, 0.25) is 5.88 Å². The molecule has 0 atom stereocenters. The Morgan fingerprint density at radius 2 is 1.88 bits per heavy atom. The van der Waals surface area contributed by atoms with Crippen LogP contribution in [0.2, 0.25) is 0 Å². The first-order valence-corrected chi connectivity index (χ1v) is 10.7. The van der Waals surface area contributed by atoms with Crippen LogP contribution in [0.1, 0.15) is 28.7 Å². The molecule has 2 aromatic rings. The molecular weight excluding hydrogens is 410 g/mol. The van der Waals surface area contributed by atoms with E-state index in [0.717, 1.165) is 49.7 Å². The van der Waals surface area contributed by atoms with Gasteiger partial charge in [-0.05, 0) is 37.6 Å². The Morgan fingerprint density at radius 1 is 1.12 bits per heavy atom. The van der Waals surface area contributed by atoms with E-state index in [0.29, 0.717) is 23.9 Å². The molecule has 10 heteroatoms. The van der Waals surface area contributed by atoms with Gasteiger partial charge in [0, 0.05) is 52.4 Å². The number of methoxy groups -OCH3 is 1. The topological polar surface area (TPSA) is 112 Å². The smallest absolute Gasteiger partial charge is 0.320 e. The van der Waals surface area contributed by atoms with Gasteiger partial charge in [0.25, 0.3) is 5.91 Å². The predicted octanol–water partition coefficient (Wildman–Crippen LogP) is 1.62. The van der Waals surface area contributed by atoms with Gasteiger partial charge in [0.05, 0.1) is 18.5 Å². The van der Waals surface area contributed by atoms with E-state index in [9.17, 15) is 9.59 Å². The van der Waals surface area contributed by atoms with Crippen molar-refractivity contribution < 1.29 is 14.3 Å². The molecule has 3 N–H and O–H groups in total. The number of hydrogen-bond acceptors (Lipinski definition) is 7. The zero-order valence-electron chi connectivity index (χ0n) is 19.1. The van der Waals surface area contributed by atoms with Crippen molar-refractivity contribution in [2.75, 3.05) is 57.1 Å². The number of aromatic nitrogens is 2. The van der Waals surface area contributed by atoms with Crippen molar-refractivity contribution >= 4 is 23.4 Å². The summed E-state index contributed by atoms with van der Waals surface area (Å²) in [6.45, 7) is 8.51. The van der Waals surface area contributed by atoms with Gasteiger partial charge >= 0.3 is 6.03 Å². The van der Waals surface area contributed by atoms with Gasteiger partial charge in [-0.2, -0.15) is 4.98 Å². The summed E-state index contributed by atoms with van der Waals surface area (Å²) >= 11 is 0. The molecule has 1 saturated heterocycles. The van der Waals surface area contributed by atoms with Crippen molar-refractivity contribution in [3.63, 3.8) is 0 Å². The maximum absolute atomic E-state index is 11.8. The normalized spacial score (nSPS) is 14.1. The Hall–Kier alpha value is -3.40. The van der Waals surface area contributed by atoms with Crippen LogP contribution < -0.4 is 25.6 Å². The second-order valence-electron chi connectivity index (χ2n) is 7.53. The van der Waals surface area contributed by atoms with E-state index < -0.39 is 0 Å². The van der Waals surface area contributed by atoms with Crippen molar-refractivity contribution in [1.82, 2.24) is 25.5 Å². The van der Waals surface area contributed by atoms with Gasteiger partial charge in [-0.15, -0.1) is 0 Å². The fourth-order valence-electron chi connectivity index (χ4n) is 3.69. The summed E-state index contributed by atoms with van der Waals surface area (Å²) in [6, 6.07) is 7.20. The van der Waals surface area contributed by atoms with Crippen LogP contribution in [0.3, 0.4) is 0 Å². The number of carbonyl (C=O) groups is 2. The molecule has 0 bridgehead atoms. The largest absolute Gasteiger partial charge is 0.481 e. The molecule has 0 aliphatic carbocycles. The summed E-state index contributed by atoms with van der Waals surface area (Å²) in [5.41, 5.74) is 3.34. The van der Waals surface area contributed by atoms with Crippen LogP contribution in [-0.4, -0.2) is 73.7 Å². The fourth-order valence-corrected chi connectivity index (χ4v) is 3.69. The molecule has 0 spiro atoms. The number of piperazine rings is 1. The Bertz CT molecular complexity index is 959. The van der Waals surface area contributed by atoms with Crippen molar-refractivity contribution in [2.24, 2.45) is 0 Å². The third-order valence-electron chi connectivity index (χ3n) is 5.29. The lowest BCUT2D eigenvalue weighted by Crippen LogP contribution is -2.46. The summed E-state index contributed by atoms with van der Waals surface area (Å²) in [6.07, 6.45) is 0. The van der Waals surface area contributed by atoms with Crippen LogP contribution in [0.15, 0.2) is 24.3 Å². The van der Waals surface area contributed by atoms with Crippen LogP contribution in [0.25, 0.3) is 0 Å². The lowest BCUT2D eigenvalue weighted by Gasteiger charge is -2.36. The molecule has 3 heterocycles. The van der Waals surface area contributed by atoms with Crippen LogP contribution in [0.5, 0.6) is 5.88 Å². The van der Waals surface area contributed by atoms with Gasteiger partial charge in [-0.1, -0.05) is 0 Å². The SMILES string of the molecule is CCNC(=O)Nc1cc(CN2CCN(c3ccc(C(=O)NC)nc3C)CC2)cc(OC)n1. The van der Waals surface area contributed by atoms with Gasteiger partial charge in [-0.25, -0.2) is 9.78 Å². The Morgan fingerprint density at radius 3 is 2.50 bits per heavy atom. The zero-order valence-corrected chi connectivity index (χ0v) is 19.1. The molecule has 32 heavy (non-hydrogen) atoms.